The molecular formula is C31H37FN4O3. The Bertz CT molecular complexity index is 1380. The molecule has 1 fully saturated rings. The summed E-state index contributed by atoms with van der Waals surface area (Å²) in [5.74, 6) is -1.28. The molecule has 2 aliphatic carbocycles. The number of nitrogens with two attached hydrogens (primary N) is 1. The topological polar surface area (TPSA) is 99.2 Å². The number of carbonyl (C=O) groups excluding carboxylic acids is 2. The van der Waals surface area contributed by atoms with Gasteiger partial charge in [0.05, 0.1) is 47.0 Å². The van der Waals surface area contributed by atoms with Gasteiger partial charge in [-0.3, -0.25) is 9.59 Å². The molecular weight excluding hydrogens is 495 g/mol. The van der Waals surface area contributed by atoms with Gasteiger partial charge in [0.25, 0.3) is 5.91 Å². The SMILES string of the molecule is CCc1nn(-c2ccc(C(N)=O)c(N[C@H]3CCCC[C@@H]3OCc3ccccc3)c2F)c2c1C(=O)CC(C)(C)C2. The van der Waals surface area contributed by atoms with Gasteiger partial charge < -0.3 is 15.8 Å². The third-order valence-electron chi connectivity index (χ3n) is 7.91. The van der Waals surface area contributed by atoms with Gasteiger partial charge in [-0.05, 0) is 48.8 Å². The van der Waals surface area contributed by atoms with Crippen molar-refractivity contribution in [2.45, 2.75) is 84.5 Å². The fourth-order valence-electron chi connectivity index (χ4n) is 5.97. The Kier molecular flexibility index (Phi) is 7.58. The molecule has 0 radical (unpaired) electrons. The second-order valence-electron chi connectivity index (χ2n) is 11.5. The van der Waals surface area contributed by atoms with Crippen LogP contribution < -0.4 is 11.1 Å². The lowest BCUT2D eigenvalue weighted by atomic mass is 9.75. The van der Waals surface area contributed by atoms with Crippen molar-refractivity contribution in [3.05, 3.63) is 76.4 Å². The molecule has 0 aliphatic heterocycles. The average Bonchev–Trinajstić information content (AvgIpc) is 3.27. The molecule has 1 aromatic heterocycles. The van der Waals surface area contributed by atoms with E-state index in [1.54, 1.807) is 10.7 Å². The second kappa shape index (κ2) is 10.9. The number of anilines is 1. The predicted octanol–water partition coefficient (Wildman–Crippen LogP) is 5.77. The highest BCUT2D eigenvalue weighted by molar-refractivity contribution is 6.00. The van der Waals surface area contributed by atoms with Gasteiger partial charge in [-0.1, -0.05) is 63.9 Å². The zero-order valence-electron chi connectivity index (χ0n) is 22.9. The maximum atomic E-state index is 16.4. The van der Waals surface area contributed by atoms with E-state index in [0.29, 0.717) is 42.8 Å². The van der Waals surface area contributed by atoms with Crippen LogP contribution in [0, 0.1) is 11.2 Å². The summed E-state index contributed by atoms with van der Waals surface area (Å²) >= 11 is 0. The molecule has 1 saturated carbocycles. The van der Waals surface area contributed by atoms with Crippen LogP contribution in [-0.4, -0.2) is 33.6 Å². The summed E-state index contributed by atoms with van der Waals surface area (Å²) in [5, 5.41) is 8.00. The number of carbonyl (C=O) groups is 2. The number of ether oxygens (including phenoxy) is 1. The molecule has 7 nitrogen and oxygen atoms in total. The van der Waals surface area contributed by atoms with Gasteiger partial charge in [0.2, 0.25) is 0 Å². The third-order valence-corrected chi connectivity index (χ3v) is 7.91. The van der Waals surface area contributed by atoms with Crippen LogP contribution in [0.15, 0.2) is 42.5 Å². The number of ketones is 1. The first-order valence-electron chi connectivity index (χ1n) is 13.9. The molecule has 0 spiro atoms. The van der Waals surface area contributed by atoms with E-state index >= 15 is 4.39 Å². The van der Waals surface area contributed by atoms with Crippen molar-refractivity contribution in [1.29, 1.82) is 0 Å². The number of fused-ring (bicyclic) bond motifs is 1. The monoisotopic (exact) mass is 532 g/mol. The predicted molar refractivity (Wildman–Crippen MR) is 149 cm³/mol. The summed E-state index contributed by atoms with van der Waals surface area (Å²) in [4.78, 5) is 25.4. The van der Waals surface area contributed by atoms with Gasteiger partial charge in [0, 0.05) is 6.42 Å². The number of primary amides is 1. The minimum absolute atomic E-state index is 0.0393. The summed E-state index contributed by atoms with van der Waals surface area (Å²) in [5.41, 5.74) is 8.82. The molecule has 5 rings (SSSR count). The number of nitrogens with one attached hydrogen (secondary N) is 1. The molecule has 206 valence electrons. The van der Waals surface area contributed by atoms with Crippen LogP contribution >= 0.6 is 0 Å². The van der Waals surface area contributed by atoms with Crippen LogP contribution in [0.5, 0.6) is 0 Å². The lowest BCUT2D eigenvalue weighted by Gasteiger charge is -2.33. The number of Topliss-reactive ketones (excluding diaryl/α,β-unsaturated/α-hetero) is 1. The van der Waals surface area contributed by atoms with Gasteiger partial charge in [-0.2, -0.15) is 5.10 Å². The summed E-state index contributed by atoms with van der Waals surface area (Å²) < 4.78 is 24.3. The highest BCUT2D eigenvalue weighted by atomic mass is 19.1. The highest BCUT2D eigenvalue weighted by Crippen LogP contribution is 2.39. The van der Waals surface area contributed by atoms with Crippen molar-refractivity contribution >= 4 is 17.4 Å². The van der Waals surface area contributed by atoms with Crippen molar-refractivity contribution in [3.8, 4) is 5.69 Å². The lowest BCUT2D eigenvalue weighted by Crippen LogP contribution is -2.39. The van der Waals surface area contributed by atoms with Crippen LogP contribution in [0.3, 0.4) is 0 Å². The van der Waals surface area contributed by atoms with E-state index in [4.69, 9.17) is 10.5 Å². The number of rotatable bonds is 8. The van der Waals surface area contributed by atoms with E-state index in [2.05, 4.69) is 10.4 Å². The molecule has 0 bridgehead atoms. The largest absolute Gasteiger partial charge is 0.377 e. The molecule has 3 N–H and O–H groups in total. The number of nitrogens with zero attached hydrogens (tertiary/aromatic N) is 2. The van der Waals surface area contributed by atoms with Crippen LogP contribution in [-0.2, 0) is 24.2 Å². The minimum atomic E-state index is -0.714. The van der Waals surface area contributed by atoms with Crippen molar-refractivity contribution in [3.63, 3.8) is 0 Å². The molecule has 8 heteroatoms. The van der Waals surface area contributed by atoms with Crippen LogP contribution in [0.25, 0.3) is 5.69 Å². The van der Waals surface area contributed by atoms with Gasteiger partial charge in [-0.15, -0.1) is 0 Å². The summed E-state index contributed by atoms with van der Waals surface area (Å²) in [6, 6.07) is 12.8. The maximum Gasteiger partial charge on any atom is 0.250 e. The average molecular weight is 533 g/mol. The molecule has 39 heavy (non-hydrogen) atoms. The molecule has 2 aromatic carbocycles. The van der Waals surface area contributed by atoms with E-state index in [0.717, 1.165) is 31.2 Å². The van der Waals surface area contributed by atoms with E-state index in [9.17, 15) is 9.59 Å². The van der Waals surface area contributed by atoms with E-state index < -0.39 is 11.7 Å². The normalized spacial score (nSPS) is 20.5. The molecule has 2 aliphatic rings. The zero-order valence-corrected chi connectivity index (χ0v) is 22.9. The maximum absolute atomic E-state index is 16.4. The molecule has 2 atom stereocenters. The smallest absolute Gasteiger partial charge is 0.250 e. The molecule has 1 amide bonds. The summed E-state index contributed by atoms with van der Waals surface area (Å²) in [6.45, 7) is 6.47. The first-order chi connectivity index (χ1) is 18.7. The Morgan fingerprint density at radius 1 is 1.15 bits per heavy atom. The first-order valence-corrected chi connectivity index (χ1v) is 13.9. The summed E-state index contributed by atoms with van der Waals surface area (Å²) in [7, 11) is 0. The number of hydrogen-bond donors (Lipinski definition) is 2. The molecule has 1 heterocycles. The van der Waals surface area contributed by atoms with Gasteiger partial charge >= 0.3 is 0 Å². The van der Waals surface area contributed by atoms with E-state index in [1.165, 1.54) is 6.07 Å². The van der Waals surface area contributed by atoms with E-state index in [1.807, 2.05) is 51.1 Å². The van der Waals surface area contributed by atoms with E-state index in [-0.39, 0.29) is 40.3 Å². The Balaban J connectivity index is 1.51. The Hall–Kier alpha value is -3.52. The van der Waals surface area contributed by atoms with Crippen molar-refractivity contribution in [1.82, 2.24) is 9.78 Å². The Morgan fingerprint density at radius 3 is 2.62 bits per heavy atom. The minimum Gasteiger partial charge on any atom is -0.377 e. The number of hydrogen-bond acceptors (Lipinski definition) is 5. The first kappa shape index (κ1) is 27.1. The van der Waals surface area contributed by atoms with Crippen LogP contribution in [0.4, 0.5) is 10.1 Å². The zero-order chi connectivity index (χ0) is 27.7. The van der Waals surface area contributed by atoms with Gasteiger partial charge in [0.15, 0.2) is 11.6 Å². The van der Waals surface area contributed by atoms with Crippen molar-refractivity contribution in [2.75, 3.05) is 5.32 Å². The number of aromatic nitrogens is 2. The molecule has 0 saturated heterocycles. The number of benzene rings is 2. The second-order valence-corrected chi connectivity index (χ2v) is 11.5. The fourth-order valence-corrected chi connectivity index (χ4v) is 5.97. The van der Waals surface area contributed by atoms with Gasteiger partial charge in [-0.25, -0.2) is 9.07 Å². The number of aryl methyl sites for hydroxylation is 1. The highest BCUT2D eigenvalue weighted by Gasteiger charge is 2.37. The summed E-state index contributed by atoms with van der Waals surface area (Å²) in [6.07, 6.45) is 5.05. The fraction of sp³-hybridized carbons (Fsp3) is 0.452. The van der Waals surface area contributed by atoms with Crippen LogP contribution in [0.2, 0.25) is 0 Å². The quantitative estimate of drug-likeness (QED) is 0.384. The Morgan fingerprint density at radius 2 is 1.90 bits per heavy atom. The Labute approximate surface area is 228 Å². The number of amides is 1. The lowest BCUT2D eigenvalue weighted by molar-refractivity contribution is 0.00875. The van der Waals surface area contributed by atoms with Gasteiger partial charge in [0.1, 0.15) is 5.69 Å². The molecule has 3 aromatic rings. The van der Waals surface area contributed by atoms with Crippen molar-refractivity contribution < 1.29 is 18.7 Å². The standard InChI is InChI=1S/C31H37FN4O3/c1-4-21-27-24(16-31(2,3)17-25(27)37)36(35-21)23-15-14-20(30(33)38)29(28(23)32)34-22-12-8-9-13-26(22)39-18-19-10-6-5-7-11-19/h5-7,10-11,14-15,22,26,34H,4,8-9,12-13,16-18H2,1-3H3,(H2,33,38)/t22-,26-/m0/s1. The number of halogens is 1. The molecule has 0 unspecified atom stereocenters. The third kappa shape index (κ3) is 5.48. The van der Waals surface area contributed by atoms with Crippen LogP contribution in [0.1, 0.15) is 90.5 Å². The van der Waals surface area contributed by atoms with Crippen molar-refractivity contribution in [2.24, 2.45) is 11.1 Å².